The smallest absolute Gasteiger partial charge is 0.407 e. The molecule has 0 radical (unpaired) electrons. The van der Waals surface area contributed by atoms with Gasteiger partial charge in [-0.3, -0.25) is 0 Å². The van der Waals surface area contributed by atoms with Gasteiger partial charge >= 0.3 is 6.09 Å². The molecule has 49 heavy (non-hydrogen) atoms. The molecule has 0 saturated carbocycles. The van der Waals surface area contributed by atoms with Crippen molar-refractivity contribution in [2.45, 2.75) is 44.9 Å². The fraction of sp³-hybridized carbons (Fsp3) is 0.658. The van der Waals surface area contributed by atoms with Crippen molar-refractivity contribution < 1.29 is 47.4 Å². The van der Waals surface area contributed by atoms with Crippen molar-refractivity contribution in [1.82, 2.24) is 5.32 Å². The average molecular weight is 690 g/mol. The molecule has 2 aromatic carbocycles. The predicted molar refractivity (Wildman–Crippen MR) is 188 cm³/mol. The molecule has 11 heteroatoms. The number of hydrogen-bond donors (Lipinski definition) is 1. The van der Waals surface area contributed by atoms with Gasteiger partial charge in [0.1, 0.15) is 6.61 Å². The van der Waals surface area contributed by atoms with Gasteiger partial charge in [0, 0.05) is 19.1 Å². The Morgan fingerprint density at radius 2 is 0.898 bits per heavy atom. The zero-order valence-corrected chi connectivity index (χ0v) is 29.5. The highest BCUT2D eigenvalue weighted by Crippen LogP contribution is 2.44. The summed E-state index contributed by atoms with van der Waals surface area (Å²) in [5, 5.41) is 2.75. The van der Waals surface area contributed by atoms with Crippen LogP contribution in [0.5, 0.6) is 0 Å². The second-order valence-electron chi connectivity index (χ2n) is 11.6. The van der Waals surface area contributed by atoms with E-state index in [0.29, 0.717) is 112 Å². The standard InChI is InChI=1S/C38H59NO10/c1-2-3-4-5-10-16-41-18-20-43-22-24-45-26-28-47-30-31-48-29-27-46-25-23-44-21-19-42-17-15-39-38(40)49-32-37-35-13-8-6-11-33(35)34-12-7-9-14-36(34)37/h6-9,11-14,37H,2-5,10,15-32H2,1H3,(H,39,40). The molecule has 2 aromatic rings. The second-order valence-corrected chi connectivity index (χ2v) is 11.6. The molecule has 1 aliphatic rings. The van der Waals surface area contributed by atoms with Crippen molar-refractivity contribution in [3.05, 3.63) is 59.7 Å². The van der Waals surface area contributed by atoms with Crippen LogP contribution in [-0.4, -0.2) is 125 Å². The van der Waals surface area contributed by atoms with E-state index in [9.17, 15) is 4.79 Å². The summed E-state index contributed by atoms with van der Waals surface area (Å²) in [6.07, 6.45) is 5.81. The van der Waals surface area contributed by atoms with Gasteiger partial charge in [-0.25, -0.2) is 4.79 Å². The van der Waals surface area contributed by atoms with E-state index < -0.39 is 6.09 Å². The van der Waals surface area contributed by atoms with Crippen LogP contribution >= 0.6 is 0 Å². The van der Waals surface area contributed by atoms with Crippen LogP contribution in [0, 0.1) is 0 Å². The lowest BCUT2D eigenvalue weighted by Gasteiger charge is -2.14. The Hall–Kier alpha value is -2.61. The molecular formula is C38H59NO10. The number of fused-ring (bicyclic) bond motifs is 3. The van der Waals surface area contributed by atoms with Crippen LogP contribution in [0.25, 0.3) is 11.1 Å². The Balaban J connectivity index is 0.979. The highest BCUT2D eigenvalue weighted by atomic mass is 16.6. The SMILES string of the molecule is CCCCCCCOCCOCCOCCOCCOCCOCCOCCOCCNC(=O)OCC1c2ccccc2-c2ccccc21. The Bertz CT molecular complexity index is 1060. The molecule has 1 aliphatic carbocycles. The molecule has 0 aromatic heterocycles. The normalized spacial score (nSPS) is 12.3. The molecule has 0 unspecified atom stereocenters. The van der Waals surface area contributed by atoms with Crippen LogP contribution in [0.2, 0.25) is 0 Å². The fourth-order valence-corrected chi connectivity index (χ4v) is 5.32. The first-order valence-corrected chi connectivity index (χ1v) is 18.0. The topological polar surface area (TPSA) is 112 Å². The highest BCUT2D eigenvalue weighted by Gasteiger charge is 2.28. The molecule has 0 atom stereocenters. The highest BCUT2D eigenvalue weighted by molar-refractivity contribution is 5.79. The monoisotopic (exact) mass is 689 g/mol. The molecule has 0 heterocycles. The Morgan fingerprint density at radius 1 is 0.510 bits per heavy atom. The first-order valence-electron chi connectivity index (χ1n) is 18.0. The lowest BCUT2D eigenvalue weighted by molar-refractivity contribution is -0.0230. The maximum absolute atomic E-state index is 12.2. The molecule has 0 bridgehead atoms. The van der Waals surface area contributed by atoms with Crippen molar-refractivity contribution in [2.75, 3.05) is 119 Å². The van der Waals surface area contributed by atoms with Crippen LogP contribution in [0.4, 0.5) is 4.79 Å². The Kier molecular flexibility index (Phi) is 23.4. The first kappa shape index (κ1) is 40.8. The van der Waals surface area contributed by atoms with Crippen molar-refractivity contribution in [2.24, 2.45) is 0 Å². The molecular weight excluding hydrogens is 630 g/mol. The van der Waals surface area contributed by atoms with Crippen LogP contribution in [0.15, 0.2) is 48.5 Å². The van der Waals surface area contributed by atoms with Gasteiger partial charge in [0.25, 0.3) is 0 Å². The zero-order chi connectivity index (χ0) is 34.5. The van der Waals surface area contributed by atoms with Gasteiger partial charge in [-0.15, -0.1) is 0 Å². The van der Waals surface area contributed by atoms with Gasteiger partial charge in [0.2, 0.25) is 0 Å². The van der Waals surface area contributed by atoms with E-state index in [0.717, 1.165) is 13.0 Å². The maximum atomic E-state index is 12.2. The third kappa shape index (κ3) is 18.3. The van der Waals surface area contributed by atoms with Crippen molar-refractivity contribution in [1.29, 1.82) is 0 Å². The molecule has 3 rings (SSSR count). The minimum absolute atomic E-state index is 0.0428. The number of rotatable bonds is 32. The summed E-state index contributed by atoms with van der Waals surface area (Å²) in [6, 6.07) is 16.5. The summed E-state index contributed by atoms with van der Waals surface area (Å²) in [5.41, 5.74) is 4.79. The van der Waals surface area contributed by atoms with E-state index in [1.54, 1.807) is 0 Å². The van der Waals surface area contributed by atoms with Crippen molar-refractivity contribution in [3.8, 4) is 11.1 Å². The minimum atomic E-state index is -0.446. The number of alkyl carbamates (subject to hydrolysis) is 1. The summed E-state index contributed by atoms with van der Waals surface area (Å²) in [5.74, 6) is 0.0428. The van der Waals surface area contributed by atoms with E-state index in [4.69, 9.17) is 42.6 Å². The predicted octanol–water partition coefficient (Wildman–Crippen LogP) is 5.63. The third-order valence-corrected chi connectivity index (χ3v) is 7.86. The van der Waals surface area contributed by atoms with Gasteiger partial charge in [-0.2, -0.15) is 0 Å². The van der Waals surface area contributed by atoms with Gasteiger partial charge in [-0.05, 0) is 28.7 Å². The van der Waals surface area contributed by atoms with Crippen molar-refractivity contribution >= 4 is 6.09 Å². The molecule has 0 saturated heterocycles. The van der Waals surface area contributed by atoms with E-state index >= 15 is 0 Å². The third-order valence-electron chi connectivity index (χ3n) is 7.86. The molecule has 0 spiro atoms. The number of carbonyl (C=O) groups excluding carboxylic acids is 1. The fourth-order valence-electron chi connectivity index (χ4n) is 5.32. The molecule has 1 amide bonds. The minimum Gasteiger partial charge on any atom is -0.449 e. The quantitative estimate of drug-likeness (QED) is 0.0971. The lowest BCUT2D eigenvalue weighted by Crippen LogP contribution is -2.29. The van der Waals surface area contributed by atoms with Crippen LogP contribution in [0.3, 0.4) is 0 Å². The summed E-state index contributed by atoms with van der Waals surface area (Å²) < 4.78 is 49.6. The van der Waals surface area contributed by atoms with Gasteiger partial charge in [0.15, 0.2) is 0 Å². The maximum Gasteiger partial charge on any atom is 0.407 e. The number of unbranched alkanes of at least 4 members (excludes halogenated alkanes) is 4. The largest absolute Gasteiger partial charge is 0.449 e. The Labute approximate surface area is 293 Å². The number of hydrogen-bond acceptors (Lipinski definition) is 10. The molecule has 11 nitrogen and oxygen atoms in total. The van der Waals surface area contributed by atoms with E-state index in [1.165, 1.54) is 47.9 Å². The lowest BCUT2D eigenvalue weighted by atomic mass is 9.98. The molecule has 276 valence electrons. The van der Waals surface area contributed by atoms with Crippen molar-refractivity contribution in [3.63, 3.8) is 0 Å². The van der Waals surface area contributed by atoms with Crippen LogP contribution in [-0.2, 0) is 42.6 Å². The summed E-state index contributed by atoms with van der Waals surface area (Å²) >= 11 is 0. The van der Waals surface area contributed by atoms with Gasteiger partial charge in [0.05, 0.1) is 99.1 Å². The summed E-state index contributed by atoms with van der Waals surface area (Å²) in [4.78, 5) is 12.2. The number of benzene rings is 2. The summed E-state index contributed by atoms with van der Waals surface area (Å²) in [6.45, 7) is 11.4. The van der Waals surface area contributed by atoms with Gasteiger partial charge in [-0.1, -0.05) is 81.1 Å². The molecule has 0 aliphatic heterocycles. The zero-order valence-electron chi connectivity index (χ0n) is 29.5. The molecule has 0 fully saturated rings. The van der Waals surface area contributed by atoms with Crippen LogP contribution < -0.4 is 5.32 Å². The van der Waals surface area contributed by atoms with E-state index in [2.05, 4.69) is 36.5 Å². The number of ether oxygens (including phenoxy) is 9. The first-order chi connectivity index (χ1) is 24.3. The van der Waals surface area contributed by atoms with E-state index in [-0.39, 0.29) is 5.92 Å². The van der Waals surface area contributed by atoms with Gasteiger partial charge < -0.3 is 47.9 Å². The second kappa shape index (κ2) is 28.1. The molecule has 1 N–H and O–H groups in total. The average Bonchev–Trinajstić information content (AvgIpc) is 3.45. The number of amides is 1. The number of nitrogens with one attached hydrogen (secondary N) is 1. The Morgan fingerprint density at radius 3 is 1.35 bits per heavy atom. The summed E-state index contributed by atoms with van der Waals surface area (Å²) in [7, 11) is 0. The number of carbonyl (C=O) groups is 1. The van der Waals surface area contributed by atoms with Crippen LogP contribution in [0.1, 0.15) is 56.1 Å². The van der Waals surface area contributed by atoms with E-state index in [1.807, 2.05) is 24.3 Å².